The fourth-order valence-corrected chi connectivity index (χ4v) is 4.80. The second-order valence-corrected chi connectivity index (χ2v) is 9.73. The summed E-state index contributed by atoms with van der Waals surface area (Å²) >= 11 is 0. The molecule has 4 heteroatoms. The smallest absolute Gasteiger partial charge is 0.270 e. The monoisotopic (exact) mass is 444 g/mol. The molecule has 1 fully saturated rings. The van der Waals surface area contributed by atoms with Crippen LogP contribution in [0, 0.1) is 12.8 Å². The van der Waals surface area contributed by atoms with Gasteiger partial charge in [-0.1, -0.05) is 61.4 Å². The Morgan fingerprint density at radius 1 is 1.03 bits per heavy atom. The number of alkyl halides is 2. The van der Waals surface area contributed by atoms with Gasteiger partial charge in [0.2, 0.25) is 0 Å². The molecule has 3 unspecified atom stereocenters. The fourth-order valence-electron chi connectivity index (χ4n) is 4.80. The molecule has 2 aliphatic carbocycles. The molecular formula is C28H42F2N2. The number of rotatable bonds is 4. The predicted molar refractivity (Wildman–Crippen MR) is 133 cm³/mol. The summed E-state index contributed by atoms with van der Waals surface area (Å²) in [5.74, 6) is -0.922. The summed E-state index contributed by atoms with van der Waals surface area (Å²) in [5.41, 5.74) is 4.03. The quantitative estimate of drug-likeness (QED) is 0.549. The summed E-state index contributed by atoms with van der Waals surface area (Å²) in [6.45, 7) is 7.51. The van der Waals surface area contributed by atoms with E-state index in [1.807, 2.05) is 31.3 Å². The number of aryl methyl sites for hydroxylation is 1. The highest BCUT2D eigenvalue weighted by Crippen LogP contribution is 2.51. The average molecular weight is 445 g/mol. The first kappa shape index (κ1) is 26.5. The minimum absolute atomic E-state index is 0.181. The van der Waals surface area contributed by atoms with Crippen molar-refractivity contribution in [1.82, 2.24) is 10.2 Å². The first-order valence-electron chi connectivity index (χ1n) is 12.0. The van der Waals surface area contributed by atoms with Crippen LogP contribution in [0.2, 0.25) is 0 Å². The van der Waals surface area contributed by atoms with Crippen molar-refractivity contribution in [3.05, 3.63) is 70.8 Å². The van der Waals surface area contributed by atoms with Crippen LogP contribution in [-0.2, 0) is 5.92 Å². The Balaban J connectivity index is 0.000000214. The molecule has 1 saturated carbocycles. The fraction of sp³-hybridized carbons (Fsp3) is 0.571. The third kappa shape index (κ3) is 7.97. The van der Waals surface area contributed by atoms with E-state index in [1.165, 1.54) is 42.4 Å². The van der Waals surface area contributed by atoms with Crippen LogP contribution < -0.4 is 5.32 Å². The Morgan fingerprint density at radius 2 is 1.72 bits per heavy atom. The second kappa shape index (κ2) is 12.5. The Bertz CT molecular complexity index is 799. The largest absolute Gasteiger partial charge is 0.318 e. The normalized spacial score (nSPS) is 21.6. The van der Waals surface area contributed by atoms with E-state index in [-0.39, 0.29) is 5.56 Å². The lowest BCUT2D eigenvalue weighted by Gasteiger charge is -2.33. The Hall–Kier alpha value is -1.78. The average Bonchev–Trinajstić information content (AvgIpc) is 3.21. The van der Waals surface area contributed by atoms with E-state index in [2.05, 4.69) is 50.3 Å². The summed E-state index contributed by atoms with van der Waals surface area (Å²) in [4.78, 5) is 2.15. The van der Waals surface area contributed by atoms with Crippen LogP contribution in [0.3, 0.4) is 0 Å². The van der Waals surface area contributed by atoms with Crippen LogP contribution in [0.25, 0.3) is 0 Å². The zero-order valence-corrected chi connectivity index (χ0v) is 20.8. The molecule has 178 valence electrons. The van der Waals surface area contributed by atoms with E-state index in [0.717, 1.165) is 25.9 Å². The summed E-state index contributed by atoms with van der Waals surface area (Å²) < 4.78 is 26.9. The molecule has 4 rings (SSSR count). The lowest BCUT2D eigenvalue weighted by molar-refractivity contribution is 0.0173. The maximum atomic E-state index is 13.5. The van der Waals surface area contributed by atoms with Gasteiger partial charge in [-0.2, -0.15) is 0 Å². The van der Waals surface area contributed by atoms with Crippen molar-refractivity contribution in [3.63, 3.8) is 0 Å². The maximum absolute atomic E-state index is 13.5. The number of nitrogens with one attached hydrogen (secondary N) is 1. The van der Waals surface area contributed by atoms with Crippen LogP contribution in [0.15, 0.2) is 48.5 Å². The van der Waals surface area contributed by atoms with Crippen molar-refractivity contribution >= 4 is 0 Å². The SMILES string of the molecule is CC1CC2CCCC2c2cc(C(C)(F)F)ccc21.CNCCN(C)C.Cc1ccccc1. The summed E-state index contributed by atoms with van der Waals surface area (Å²) in [6, 6.07) is 15.6. The molecule has 3 atom stereocenters. The van der Waals surface area contributed by atoms with Gasteiger partial charge in [0, 0.05) is 25.6 Å². The van der Waals surface area contributed by atoms with Crippen molar-refractivity contribution in [2.45, 2.75) is 64.2 Å². The summed E-state index contributed by atoms with van der Waals surface area (Å²) in [7, 11) is 6.10. The van der Waals surface area contributed by atoms with E-state index in [9.17, 15) is 8.78 Å². The molecule has 2 aromatic rings. The van der Waals surface area contributed by atoms with Crippen LogP contribution in [0.1, 0.15) is 73.6 Å². The van der Waals surface area contributed by atoms with Crippen molar-refractivity contribution in [2.24, 2.45) is 5.92 Å². The molecule has 1 N–H and O–H groups in total. The molecule has 0 spiro atoms. The van der Waals surface area contributed by atoms with Crippen LogP contribution in [-0.4, -0.2) is 39.1 Å². The molecule has 0 bridgehead atoms. The maximum Gasteiger partial charge on any atom is 0.270 e. The molecule has 0 amide bonds. The highest BCUT2D eigenvalue weighted by molar-refractivity contribution is 5.41. The van der Waals surface area contributed by atoms with Crippen LogP contribution >= 0.6 is 0 Å². The number of hydrogen-bond donors (Lipinski definition) is 1. The van der Waals surface area contributed by atoms with E-state index in [0.29, 0.717) is 11.8 Å². The van der Waals surface area contributed by atoms with Gasteiger partial charge in [0.1, 0.15) is 0 Å². The van der Waals surface area contributed by atoms with Gasteiger partial charge in [0.15, 0.2) is 0 Å². The third-order valence-corrected chi connectivity index (χ3v) is 6.59. The minimum atomic E-state index is -2.72. The second-order valence-electron chi connectivity index (χ2n) is 9.73. The number of halogens is 2. The van der Waals surface area contributed by atoms with E-state index in [1.54, 1.807) is 12.1 Å². The van der Waals surface area contributed by atoms with Crippen LogP contribution in [0.5, 0.6) is 0 Å². The van der Waals surface area contributed by atoms with Gasteiger partial charge in [-0.05, 0) is 82.3 Å². The van der Waals surface area contributed by atoms with Gasteiger partial charge >= 0.3 is 0 Å². The van der Waals surface area contributed by atoms with Crippen molar-refractivity contribution in [2.75, 3.05) is 34.2 Å². The van der Waals surface area contributed by atoms with Crippen molar-refractivity contribution in [1.29, 1.82) is 0 Å². The molecule has 0 aliphatic heterocycles. The summed E-state index contributed by atoms with van der Waals surface area (Å²) in [6.07, 6.45) is 4.96. The molecule has 2 nitrogen and oxygen atoms in total. The number of benzene rings is 2. The summed E-state index contributed by atoms with van der Waals surface area (Å²) in [5, 5.41) is 3.06. The molecule has 2 aromatic carbocycles. The molecule has 0 saturated heterocycles. The minimum Gasteiger partial charge on any atom is -0.318 e. The molecule has 0 aromatic heterocycles. The lowest BCUT2D eigenvalue weighted by atomic mass is 9.72. The van der Waals surface area contributed by atoms with E-state index < -0.39 is 5.92 Å². The molecule has 0 heterocycles. The van der Waals surface area contributed by atoms with Gasteiger partial charge in [-0.3, -0.25) is 0 Å². The molecule has 2 aliphatic rings. The standard InChI is InChI=1S/C16H20F2.C7H8.C5H14N2/c1-10-8-11-4-3-5-14(11)15-9-12(16(2,17)18)6-7-13(10)15;1-7-5-3-2-4-6-7;1-6-4-5-7(2)3/h6-7,9-11,14H,3-5,8H2,1-2H3;2-6H,1H3;6H,4-5H2,1-3H3. The molecule has 0 radical (unpaired) electrons. The number of fused-ring (bicyclic) bond motifs is 3. The Kier molecular flexibility index (Phi) is 10.3. The van der Waals surface area contributed by atoms with Gasteiger partial charge in [-0.25, -0.2) is 8.78 Å². The van der Waals surface area contributed by atoms with Crippen molar-refractivity contribution < 1.29 is 8.78 Å². The van der Waals surface area contributed by atoms with Gasteiger partial charge in [0.25, 0.3) is 5.92 Å². The Morgan fingerprint density at radius 3 is 2.22 bits per heavy atom. The van der Waals surface area contributed by atoms with Gasteiger partial charge in [0.05, 0.1) is 0 Å². The number of likely N-dealkylation sites (N-methyl/N-ethyl adjacent to an activating group) is 2. The van der Waals surface area contributed by atoms with Crippen LogP contribution in [0.4, 0.5) is 8.78 Å². The number of hydrogen-bond acceptors (Lipinski definition) is 2. The first-order chi connectivity index (χ1) is 15.1. The third-order valence-electron chi connectivity index (χ3n) is 6.59. The van der Waals surface area contributed by atoms with Gasteiger partial charge in [-0.15, -0.1) is 0 Å². The molecule has 32 heavy (non-hydrogen) atoms. The zero-order valence-electron chi connectivity index (χ0n) is 20.8. The van der Waals surface area contributed by atoms with E-state index in [4.69, 9.17) is 0 Å². The topological polar surface area (TPSA) is 15.3 Å². The highest BCUT2D eigenvalue weighted by atomic mass is 19.3. The van der Waals surface area contributed by atoms with E-state index >= 15 is 0 Å². The zero-order chi connectivity index (χ0) is 23.7. The predicted octanol–water partition coefficient (Wildman–Crippen LogP) is 6.95. The first-order valence-corrected chi connectivity index (χ1v) is 12.0. The highest BCUT2D eigenvalue weighted by Gasteiger charge is 2.37. The number of nitrogens with zero attached hydrogens (tertiary/aromatic N) is 1. The van der Waals surface area contributed by atoms with Gasteiger partial charge < -0.3 is 10.2 Å². The lowest BCUT2D eigenvalue weighted by Crippen LogP contribution is -2.23. The van der Waals surface area contributed by atoms with Crippen molar-refractivity contribution in [3.8, 4) is 0 Å². The Labute approximate surface area is 194 Å². The molecular weight excluding hydrogens is 402 g/mol.